The van der Waals surface area contributed by atoms with Crippen LogP contribution in [0.3, 0.4) is 0 Å². The van der Waals surface area contributed by atoms with E-state index in [0.29, 0.717) is 35.3 Å². The lowest BCUT2D eigenvalue weighted by Gasteiger charge is -2.29. The van der Waals surface area contributed by atoms with Gasteiger partial charge in [0.15, 0.2) is 0 Å². The third kappa shape index (κ3) is 11.5. The van der Waals surface area contributed by atoms with Crippen LogP contribution in [-0.2, 0) is 34.9 Å². The van der Waals surface area contributed by atoms with Crippen LogP contribution in [0, 0.1) is 5.41 Å². The van der Waals surface area contributed by atoms with E-state index in [-0.39, 0.29) is 25.2 Å². The molecule has 0 atom stereocenters. The number of carbonyl (C=O) groups excluding carboxylic acids is 1. The van der Waals surface area contributed by atoms with Gasteiger partial charge in [-0.1, -0.05) is 55.5 Å². The van der Waals surface area contributed by atoms with Crippen molar-refractivity contribution in [2.75, 3.05) is 18.1 Å². The van der Waals surface area contributed by atoms with Gasteiger partial charge in [-0.05, 0) is 103 Å². The molecule has 0 radical (unpaired) electrons. The number of esters is 1. The second-order valence-corrected chi connectivity index (χ2v) is 11.9. The van der Waals surface area contributed by atoms with Gasteiger partial charge in [-0.2, -0.15) is 22.0 Å². The van der Waals surface area contributed by atoms with Crippen LogP contribution in [0.25, 0.3) is 6.08 Å². The number of nitrogen functional groups attached to an aromatic ring is 2. The highest BCUT2D eigenvalue weighted by Gasteiger charge is 2.34. The number of ether oxygens (including phenoxy) is 2. The maximum absolute atomic E-state index is 14.8. The quantitative estimate of drug-likeness (QED) is 0.0615. The maximum Gasteiger partial charge on any atom is 0.426 e. The zero-order valence-electron chi connectivity index (χ0n) is 25.9. The van der Waals surface area contributed by atoms with Crippen LogP contribution in [-0.4, -0.2) is 18.8 Å². The summed E-state index contributed by atoms with van der Waals surface area (Å²) in [5.41, 5.74) is 15.3. The van der Waals surface area contributed by atoms with Gasteiger partial charge in [0.1, 0.15) is 5.75 Å². The lowest BCUT2D eigenvalue weighted by Crippen LogP contribution is -2.30. The minimum Gasteiger partial charge on any atom is -0.462 e. The van der Waals surface area contributed by atoms with Crippen molar-refractivity contribution >= 4 is 23.4 Å². The molecule has 5 nitrogen and oxygen atoms in total. The summed E-state index contributed by atoms with van der Waals surface area (Å²) < 4.78 is 77.2. The average Bonchev–Trinajstić information content (AvgIpc) is 3.02. The predicted octanol–water partition coefficient (Wildman–Crippen LogP) is 8.91. The van der Waals surface area contributed by atoms with Crippen molar-refractivity contribution in [3.05, 3.63) is 131 Å². The van der Waals surface area contributed by atoms with Crippen LogP contribution in [0.15, 0.2) is 103 Å². The third-order valence-electron chi connectivity index (χ3n) is 7.54. The van der Waals surface area contributed by atoms with Crippen molar-refractivity contribution in [1.82, 2.24) is 0 Å². The van der Waals surface area contributed by atoms with Gasteiger partial charge in [0.05, 0.1) is 12.2 Å². The van der Waals surface area contributed by atoms with Gasteiger partial charge < -0.3 is 20.9 Å². The Hall–Kier alpha value is -4.86. The van der Waals surface area contributed by atoms with E-state index in [9.17, 15) is 26.7 Å². The van der Waals surface area contributed by atoms with Crippen molar-refractivity contribution in [3.63, 3.8) is 0 Å². The van der Waals surface area contributed by atoms with E-state index < -0.39 is 35.7 Å². The highest BCUT2D eigenvalue weighted by molar-refractivity contribution is 5.87. The Kier molecular flexibility index (Phi) is 11.3. The molecule has 0 saturated heterocycles. The highest BCUT2D eigenvalue weighted by Crippen LogP contribution is 2.33. The first-order valence-corrected chi connectivity index (χ1v) is 15.0. The first-order valence-electron chi connectivity index (χ1n) is 15.0. The zero-order chi connectivity index (χ0) is 34.1. The summed E-state index contributed by atoms with van der Waals surface area (Å²) in [6.45, 7) is 2.16. The topological polar surface area (TPSA) is 87.6 Å². The van der Waals surface area contributed by atoms with E-state index in [1.165, 1.54) is 60.7 Å². The molecular weight excluding hydrogens is 615 g/mol. The van der Waals surface area contributed by atoms with E-state index in [2.05, 4.69) is 0 Å². The van der Waals surface area contributed by atoms with Crippen LogP contribution in [0.1, 0.15) is 47.6 Å². The summed E-state index contributed by atoms with van der Waals surface area (Å²) in [5, 5.41) is 0. The Bertz CT molecular complexity index is 1570. The monoisotopic (exact) mass is 652 g/mol. The third-order valence-corrected chi connectivity index (χ3v) is 7.54. The molecule has 248 valence electrons. The summed E-state index contributed by atoms with van der Waals surface area (Å²) in [6, 6.07) is 25.8. The number of rotatable bonds is 14. The minimum absolute atomic E-state index is 0.0905. The SMILES string of the molecule is CC(COC(=O)/C=C/c1ccc(C(F)(F)Oc2ccc(CCCC(F)(F)F)cc2)cc1)(Cc1ccc(N)cc1)Cc1ccc(N)cc1. The van der Waals surface area contributed by atoms with Gasteiger partial charge in [-0.15, -0.1) is 0 Å². The number of nitrogens with two attached hydrogens (primary N) is 2. The van der Waals surface area contributed by atoms with Crippen molar-refractivity contribution in [3.8, 4) is 5.75 Å². The number of hydrogen-bond donors (Lipinski definition) is 2. The van der Waals surface area contributed by atoms with Gasteiger partial charge in [0.2, 0.25) is 0 Å². The largest absolute Gasteiger partial charge is 0.462 e. The molecule has 0 spiro atoms. The molecule has 0 amide bonds. The first-order chi connectivity index (χ1) is 22.2. The molecule has 10 heteroatoms. The summed E-state index contributed by atoms with van der Waals surface area (Å²) in [7, 11) is 0. The normalized spacial score (nSPS) is 12.3. The Morgan fingerprint density at radius 3 is 1.74 bits per heavy atom. The Balaban J connectivity index is 1.33. The first kappa shape index (κ1) is 35.0. The summed E-state index contributed by atoms with van der Waals surface area (Å²) in [6.07, 6.45) is -4.77. The summed E-state index contributed by atoms with van der Waals surface area (Å²) in [5.74, 6) is -0.702. The molecular formula is C37H37F5N2O3. The molecule has 0 saturated carbocycles. The second-order valence-electron chi connectivity index (χ2n) is 11.9. The lowest BCUT2D eigenvalue weighted by atomic mass is 9.79. The van der Waals surface area contributed by atoms with Crippen molar-refractivity contribution < 1.29 is 36.2 Å². The molecule has 4 aromatic carbocycles. The van der Waals surface area contributed by atoms with Gasteiger partial charge >= 0.3 is 18.3 Å². The summed E-state index contributed by atoms with van der Waals surface area (Å²) in [4.78, 5) is 12.7. The van der Waals surface area contributed by atoms with Gasteiger partial charge in [-0.3, -0.25) is 0 Å². The van der Waals surface area contributed by atoms with E-state index in [1.807, 2.05) is 55.5 Å². The number of anilines is 2. The van der Waals surface area contributed by atoms with Crippen LogP contribution >= 0.6 is 0 Å². The lowest BCUT2D eigenvalue weighted by molar-refractivity contribution is -0.185. The Morgan fingerprint density at radius 1 is 0.723 bits per heavy atom. The number of benzene rings is 4. The highest BCUT2D eigenvalue weighted by atomic mass is 19.4. The smallest absolute Gasteiger partial charge is 0.426 e. The predicted molar refractivity (Wildman–Crippen MR) is 174 cm³/mol. The number of halogens is 5. The number of carbonyl (C=O) groups is 1. The van der Waals surface area contributed by atoms with Crippen LogP contribution < -0.4 is 16.2 Å². The molecule has 0 aliphatic carbocycles. The molecule has 47 heavy (non-hydrogen) atoms. The number of hydrogen-bond acceptors (Lipinski definition) is 5. The van der Waals surface area contributed by atoms with Crippen LogP contribution in [0.2, 0.25) is 0 Å². The Labute approximate surface area is 271 Å². The second kappa shape index (κ2) is 15.2. The van der Waals surface area contributed by atoms with Crippen LogP contribution in [0.4, 0.5) is 33.3 Å². The van der Waals surface area contributed by atoms with E-state index in [4.69, 9.17) is 20.9 Å². The van der Waals surface area contributed by atoms with E-state index >= 15 is 0 Å². The Morgan fingerprint density at radius 2 is 1.23 bits per heavy atom. The minimum atomic E-state index is -4.24. The molecule has 0 aliphatic rings. The average molecular weight is 653 g/mol. The maximum atomic E-state index is 14.8. The molecule has 0 unspecified atom stereocenters. The molecule has 0 aliphatic heterocycles. The number of aryl methyl sites for hydroxylation is 1. The van der Waals surface area contributed by atoms with Gasteiger partial charge in [0.25, 0.3) is 0 Å². The summed E-state index contributed by atoms with van der Waals surface area (Å²) >= 11 is 0. The van der Waals surface area contributed by atoms with Crippen LogP contribution in [0.5, 0.6) is 5.75 Å². The van der Waals surface area contributed by atoms with Gasteiger partial charge in [-0.25, -0.2) is 4.79 Å². The van der Waals surface area contributed by atoms with E-state index in [1.54, 1.807) is 0 Å². The van der Waals surface area contributed by atoms with E-state index in [0.717, 1.165) is 11.1 Å². The molecule has 0 aromatic heterocycles. The fourth-order valence-corrected chi connectivity index (χ4v) is 5.09. The molecule has 0 fully saturated rings. The molecule has 4 N–H and O–H groups in total. The number of alkyl halides is 5. The fraction of sp³-hybridized carbons (Fsp3) is 0.270. The standard InChI is InChI=1S/C37H37F5N2O3/c1-35(23-28-6-15-31(43)16-7-28,24-29-8-17-32(44)18-9-29)25-46-34(45)21-12-27-4-13-30(14-5-27)37(41,42)47-33-19-10-26(11-20-33)3-2-22-36(38,39)40/h4-21H,2-3,22-25,43-44H2,1H3/b21-12+. The van der Waals surface area contributed by atoms with Crippen molar-refractivity contribution in [2.24, 2.45) is 5.41 Å². The molecule has 4 aromatic rings. The van der Waals surface area contributed by atoms with Crippen molar-refractivity contribution in [2.45, 2.75) is 51.3 Å². The molecule has 0 bridgehead atoms. The van der Waals surface area contributed by atoms with Crippen molar-refractivity contribution in [1.29, 1.82) is 0 Å². The zero-order valence-corrected chi connectivity index (χ0v) is 25.9. The van der Waals surface area contributed by atoms with Gasteiger partial charge in [0, 0.05) is 29.3 Å². The fourth-order valence-electron chi connectivity index (χ4n) is 5.09. The molecule has 4 rings (SSSR count). The molecule has 0 heterocycles.